The highest BCUT2D eigenvalue weighted by Crippen LogP contribution is 2.51. The van der Waals surface area contributed by atoms with E-state index in [0.29, 0.717) is 18.9 Å². The van der Waals surface area contributed by atoms with Crippen LogP contribution < -0.4 is 4.74 Å². The highest BCUT2D eigenvalue weighted by Gasteiger charge is 2.55. The van der Waals surface area contributed by atoms with Crippen LogP contribution in [0.15, 0.2) is 17.0 Å². The molecule has 1 fully saturated rings. The number of nitrogens with zero attached hydrogens (tertiary/aromatic N) is 1. The summed E-state index contributed by atoms with van der Waals surface area (Å²) in [6.07, 6.45) is -1.44. The quantitative estimate of drug-likeness (QED) is 0.728. The maximum Gasteiger partial charge on any atom is 0.501 e. The van der Waals surface area contributed by atoms with Gasteiger partial charge in [0, 0.05) is 29.4 Å². The molecule has 154 valence electrons. The van der Waals surface area contributed by atoms with E-state index in [2.05, 4.69) is 0 Å². The summed E-state index contributed by atoms with van der Waals surface area (Å²) >= 11 is 0. The first kappa shape index (κ1) is 20.8. The number of halogens is 5. The van der Waals surface area contributed by atoms with Gasteiger partial charge in [0.25, 0.3) is 15.8 Å². The third kappa shape index (κ3) is 3.22. The first-order valence-corrected chi connectivity index (χ1v) is 9.86. The lowest BCUT2D eigenvalue weighted by molar-refractivity contribution is -0.0978. The first-order chi connectivity index (χ1) is 12.8. The van der Waals surface area contributed by atoms with E-state index >= 15 is 0 Å². The summed E-state index contributed by atoms with van der Waals surface area (Å²) in [6.45, 7) is -0.0139. The van der Waals surface area contributed by atoms with Gasteiger partial charge in [-0.3, -0.25) is 0 Å². The van der Waals surface area contributed by atoms with Crippen LogP contribution in [-0.4, -0.2) is 31.6 Å². The van der Waals surface area contributed by atoms with Gasteiger partial charge in [0.15, 0.2) is 0 Å². The third-order valence-electron chi connectivity index (χ3n) is 5.36. The Labute approximate surface area is 157 Å². The Morgan fingerprint density at radius 2 is 1.93 bits per heavy atom. The predicted molar refractivity (Wildman–Crippen MR) is 85.3 cm³/mol. The van der Waals surface area contributed by atoms with E-state index in [1.165, 1.54) is 0 Å². The Balaban J connectivity index is 2.03. The van der Waals surface area contributed by atoms with Gasteiger partial charge in [0.2, 0.25) is 0 Å². The summed E-state index contributed by atoms with van der Waals surface area (Å²) in [6, 6.07) is 3.44. The molecule has 0 radical (unpaired) electrons. The fourth-order valence-corrected chi connectivity index (χ4v) is 4.61. The lowest BCUT2D eigenvalue weighted by atomic mass is 9.67. The second kappa shape index (κ2) is 6.56. The molecule has 0 unspecified atom stereocenters. The number of alkyl halides is 5. The molecule has 1 aromatic rings. The lowest BCUT2D eigenvalue weighted by Gasteiger charge is -2.39. The van der Waals surface area contributed by atoms with E-state index in [-0.39, 0.29) is 18.8 Å². The fraction of sp³-hybridized carbons (Fsp3) is 0.588. The first-order valence-electron chi connectivity index (χ1n) is 8.37. The van der Waals surface area contributed by atoms with E-state index in [9.17, 15) is 35.5 Å². The summed E-state index contributed by atoms with van der Waals surface area (Å²) in [5.74, 6) is -4.05. The van der Waals surface area contributed by atoms with E-state index in [4.69, 9.17) is 10.00 Å². The largest absolute Gasteiger partial charge is 0.501 e. The Hall–Kier alpha value is -1.93. The minimum Gasteiger partial charge on any atom is -0.493 e. The molecule has 3 rings (SSSR count). The normalized spacial score (nSPS) is 22.8. The summed E-state index contributed by atoms with van der Waals surface area (Å²) in [4.78, 5) is -1.40. The SMILES string of the molecule is N#CCC1(COc2ccc(S(=O)(=O)C(F)(F)F)c3c2CC(F)(F)[C@H]3O)CCC1. The number of rotatable bonds is 5. The Kier molecular flexibility index (Phi) is 4.87. The number of sulfone groups is 1. The Morgan fingerprint density at radius 1 is 1.29 bits per heavy atom. The zero-order chi connectivity index (χ0) is 21.0. The highest BCUT2D eigenvalue weighted by molar-refractivity contribution is 7.92. The van der Waals surface area contributed by atoms with Gasteiger partial charge >= 0.3 is 5.51 Å². The van der Waals surface area contributed by atoms with E-state index < -0.39 is 55.2 Å². The topological polar surface area (TPSA) is 87.4 Å². The zero-order valence-corrected chi connectivity index (χ0v) is 15.2. The number of ether oxygens (including phenoxy) is 1. The number of aliphatic hydroxyl groups is 1. The molecule has 1 aromatic carbocycles. The standard InChI is InChI=1S/C17H16F5NO4S/c18-16(19)8-10-11(27-9-15(6-7-23)4-1-5-15)2-3-12(13(10)14(16)24)28(25,26)17(20,21)22/h2-3,14,24H,1,4-6,8-9H2/t14-/m0/s1. The smallest absolute Gasteiger partial charge is 0.493 e. The van der Waals surface area contributed by atoms with Crippen molar-refractivity contribution in [3.8, 4) is 11.8 Å². The zero-order valence-electron chi connectivity index (χ0n) is 14.4. The van der Waals surface area contributed by atoms with Crippen LogP contribution in [0.25, 0.3) is 0 Å². The molecule has 1 N–H and O–H groups in total. The average molecular weight is 425 g/mol. The summed E-state index contributed by atoms with van der Waals surface area (Å²) < 4.78 is 95.9. The van der Waals surface area contributed by atoms with E-state index in [1.54, 1.807) is 0 Å². The monoisotopic (exact) mass is 425 g/mol. The van der Waals surface area contributed by atoms with Gasteiger partial charge in [0.1, 0.15) is 11.9 Å². The van der Waals surface area contributed by atoms with Crippen molar-refractivity contribution in [1.82, 2.24) is 0 Å². The Morgan fingerprint density at radius 3 is 2.43 bits per heavy atom. The molecule has 0 heterocycles. The van der Waals surface area contributed by atoms with Crippen molar-refractivity contribution in [3.05, 3.63) is 23.3 Å². The van der Waals surface area contributed by atoms with Crippen LogP contribution in [-0.2, 0) is 16.3 Å². The van der Waals surface area contributed by atoms with Gasteiger partial charge in [-0.15, -0.1) is 0 Å². The van der Waals surface area contributed by atoms with Crippen LogP contribution in [0.5, 0.6) is 5.75 Å². The highest BCUT2D eigenvalue weighted by atomic mass is 32.2. The lowest BCUT2D eigenvalue weighted by Crippen LogP contribution is -2.35. The van der Waals surface area contributed by atoms with Crippen LogP contribution in [0.2, 0.25) is 0 Å². The molecule has 0 saturated heterocycles. The predicted octanol–water partition coefficient (Wildman–Crippen LogP) is 3.67. The second-order valence-corrected chi connectivity index (χ2v) is 9.13. The van der Waals surface area contributed by atoms with Gasteiger partial charge in [-0.2, -0.15) is 18.4 Å². The molecule has 28 heavy (non-hydrogen) atoms. The van der Waals surface area contributed by atoms with Crippen molar-refractivity contribution in [2.45, 2.75) is 54.5 Å². The molecule has 0 spiro atoms. The number of nitriles is 1. The molecule has 11 heteroatoms. The molecule has 0 bridgehead atoms. The van der Waals surface area contributed by atoms with Crippen molar-refractivity contribution in [1.29, 1.82) is 5.26 Å². The third-order valence-corrected chi connectivity index (χ3v) is 6.90. The number of benzene rings is 1. The van der Waals surface area contributed by atoms with Gasteiger partial charge in [-0.25, -0.2) is 17.2 Å². The summed E-state index contributed by atoms with van der Waals surface area (Å²) in [5.41, 5.74) is -7.61. The number of hydrogen-bond donors (Lipinski definition) is 1. The van der Waals surface area contributed by atoms with E-state index in [1.807, 2.05) is 6.07 Å². The molecule has 0 aliphatic heterocycles. The maximum atomic E-state index is 14.0. The van der Waals surface area contributed by atoms with Gasteiger partial charge in [-0.1, -0.05) is 6.42 Å². The van der Waals surface area contributed by atoms with Gasteiger partial charge < -0.3 is 9.84 Å². The minimum absolute atomic E-state index is 0.0139. The number of fused-ring (bicyclic) bond motifs is 1. The van der Waals surface area contributed by atoms with Crippen LogP contribution in [0, 0.1) is 16.7 Å². The molecule has 2 aliphatic rings. The van der Waals surface area contributed by atoms with E-state index in [0.717, 1.165) is 12.5 Å². The molecule has 2 aliphatic carbocycles. The van der Waals surface area contributed by atoms with Crippen molar-refractivity contribution in [3.63, 3.8) is 0 Å². The fourth-order valence-electron chi connectivity index (χ4n) is 3.59. The average Bonchev–Trinajstić information content (AvgIpc) is 2.79. The summed E-state index contributed by atoms with van der Waals surface area (Å²) in [5, 5.41) is 18.7. The molecule has 1 saturated carbocycles. The maximum absolute atomic E-state index is 14.0. The molecule has 0 amide bonds. The molecule has 0 aromatic heterocycles. The second-order valence-electron chi connectivity index (χ2n) is 7.22. The molecule has 1 atom stereocenters. The van der Waals surface area contributed by atoms with Crippen molar-refractivity contribution >= 4 is 9.84 Å². The van der Waals surface area contributed by atoms with Crippen LogP contribution in [0.4, 0.5) is 22.0 Å². The Bertz CT molecular complexity index is 932. The van der Waals surface area contributed by atoms with Crippen molar-refractivity contribution in [2.24, 2.45) is 5.41 Å². The van der Waals surface area contributed by atoms with Gasteiger partial charge in [-0.05, 0) is 25.0 Å². The van der Waals surface area contributed by atoms with Crippen molar-refractivity contribution in [2.75, 3.05) is 6.61 Å². The molecular formula is C17H16F5NO4S. The number of aliphatic hydroxyl groups excluding tert-OH is 1. The van der Waals surface area contributed by atoms with Gasteiger partial charge in [0.05, 0.1) is 17.6 Å². The molecule has 5 nitrogen and oxygen atoms in total. The van der Waals surface area contributed by atoms with Crippen molar-refractivity contribution < 1.29 is 40.2 Å². The molecular weight excluding hydrogens is 409 g/mol. The van der Waals surface area contributed by atoms with Crippen LogP contribution >= 0.6 is 0 Å². The van der Waals surface area contributed by atoms with Crippen LogP contribution in [0.1, 0.15) is 42.9 Å². The van der Waals surface area contributed by atoms with Crippen LogP contribution in [0.3, 0.4) is 0 Å². The minimum atomic E-state index is -5.94. The summed E-state index contributed by atoms with van der Waals surface area (Å²) in [7, 11) is -5.94. The number of hydrogen-bond acceptors (Lipinski definition) is 5.